The summed E-state index contributed by atoms with van der Waals surface area (Å²) in [4.78, 5) is 7.36. The first-order chi connectivity index (χ1) is 12.2. The van der Waals surface area contributed by atoms with Crippen LogP contribution < -0.4 is 5.73 Å². The van der Waals surface area contributed by atoms with Gasteiger partial charge in [-0.3, -0.25) is 0 Å². The Balaban J connectivity index is 2.03. The van der Waals surface area contributed by atoms with Crippen molar-refractivity contribution in [3.05, 3.63) is 29.0 Å². The van der Waals surface area contributed by atoms with Gasteiger partial charge in [0.15, 0.2) is 0 Å². The average Bonchev–Trinajstić information content (AvgIpc) is 2.93. The molecule has 0 amide bonds. The standard InChI is InChI=1S/C20H33ClN4/c1-3-5-12-24(13-6-4-2)14-7-15-25-19-9-8-17(21)16-18(19)23-20(25)10-11-22/h8-9,16H,3-7,10-15,22H2,1-2H3. The summed E-state index contributed by atoms with van der Waals surface area (Å²) in [5.41, 5.74) is 7.92. The summed E-state index contributed by atoms with van der Waals surface area (Å²) in [5.74, 6) is 1.08. The normalized spacial score (nSPS) is 11.7. The summed E-state index contributed by atoms with van der Waals surface area (Å²) in [6.07, 6.45) is 7.04. The number of aryl methyl sites for hydroxylation is 1. The number of aromatic nitrogens is 2. The molecule has 0 bridgehead atoms. The summed E-state index contributed by atoms with van der Waals surface area (Å²) in [7, 11) is 0. The first-order valence-corrected chi connectivity index (χ1v) is 10.1. The summed E-state index contributed by atoms with van der Waals surface area (Å²) in [6, 6.07) is 5.97. The van der Waals surface area contributed by atoms with Crippen LogP contribution in [0, 0.1) is 0 Å². The van der Waals surface area contributed by atoms with E-state index in [1.54, 1.807) is 0 Å². The second-order valence-corrected chi connectivity index (χ2v) is 7.19. The Morgan fingerprint density at radius 3 is 2.40 bits per heavy atom. The molecule has 0 atom stereocenters. The largest absolute Gasteiger partial charge is 0.330 e. The minimum atomic E-state index is 0.621. The van der Waals surface area contributed by atoms with Gasteiger partial charge in [0, 0.05) is 18.0 Å². The maximum atomic E-state index is 6.12. The molecule has 0 saturated carbocycles. The Labute approximate surface area is 157 Å². The fraction of sp³-hybridized carbons (Fsp3) is 0.650. The van der Waals surface area contributed by atoms with Crippen LogP contribution in [-0.2, 0) is 13.0 Å². The van der Waals surface area contributed by atoms with Crippen molar-refractivity contribution in [1.29, 1.82) is 0 Å². The van der Waals surface area contributed by atoms with E-state index < -0.39 is 0 Å². The van der Waals surface area contributed by atoms with E-state index in [9.17, 15) is 0 Å². The number of nitrogens with zero attached hydrogens (tertiary/aromatic N) is 3. The molecule has 0 aliphatic carbocycles. The molecule has 0 fully saturated rings. The Morgan fingerprint density at radius 2 is 1.76 bits per heavy atom. The van der Waals surface area contributed by atoms with Crippen molar-refractivity contribution in [2.75, 3.05) is 26.2 Å². The Bertz CT molecular complexity index is 630. The van der Waals surface area contributed by atoms with Gasteiger partial charge in [0.1, 0.15) is 5.82 Å². The summed E-state index contributed by atoms with van der Waals surface area (Å²) >= 11 is 6.12. The van der Waals surface area contributed by atoms with Gasteiger partial charge in [-0.25, -0.2) is 4.98 Å². The third kappa shape index (κ3) is 5.98. The predicted octanol–water partition coefficient (Wildman–Crippen LogP) is 4.48. The number of rotatable bonds is 12. The predicted molar refractivity (Wildman–Crippen MR) is 108 cm³/mol. The minimum Gasteiger partial charge on any atom is -0.330 e. The maximum absolute atomic E-state index is 6.12. The number of unbranched alkanes of at least 4 members (excludes halogenated alkanes) is 2. The van der Waals surface area contributed by atoms with E-state index in [0.29, 0.717) is 6.54 Å². The highest BCUT2D eigenvalue weighted by Gasteiger charge is 2.11. The molecule has 0 aliphatic heterocycles. The van der Waals surface area contributed by atoms with Crippen LogP contribution in [0.5, 0.6) is 0 Å². The lowest BCUT2D eigenvalue weighted by molar-refractivity contribution is 0.257. The van der Waals surface area contributed by atoms with Crippen molar-refractivity contribution < 1.29 is 0 Å². The third-order valence-electron chi connectivity index (χ3n) is 4.67. The lowest BCUT2D eigenvalue weighted by Gasteiger charge is -2.22. The Hall–Kier alpha value is -1.10. The van der Waals surface area contributed by atoms with E-state index in [2.05, 4.69) is 29.4 Å². The molecule has 5 heteroatoms. The molecule has 2 rings (SSSR count). The second-order valence-electron chi connectivity index (χ2n) is 6.75. The average molecular weight is 365 g/mol. The molecule has 1 aromatic carbocycles. The highest BCUT2D eigenvalue weighted by molar-refractivity contribution is 6.31. The number of nitrogens with two attached hydrogens (primary N) is 1. The smallest absolute Gasteiger partial charge is 0.111 e. The first kappa shape index (κ1) is 20.2. The molecule has 2 aromatic rings. The molecule has 0 radical (unpaired) electrons. The van der Waals surface area contributed by atoms with Crippen LogP contribution in [0.2, 0.25) is 5.02 Å². The Kier molecular flexibility index (Phi) is 8.73. The van der Waals surface area contributed by atoms with Crippen LogP contribution in [-0.4, -0.2) is 40.6 Å². The fourth-order valence-electron chi connectivity index (χ4n) is 3.27. The molecule has 0 aliphatic rings. The van der Waals surface area contributed by atoms with Crippen molar-refractivity contribution in [1.82, 2.24) is 14.5 Å². The van der Waals surface area contributed by atoms with Gasteiger partial charge in [0.25, 0.3) is 0 Å². The number of benzene rings is 1. The van der Waals surface area contributed by atoms with Gasteiger partial charge in [0.05, 0.1) is 11.0 Å². The van der Waals surface area contributed by atoms with Crippen molar-refractivity contribution in [3.63, 3.8) is 0 Å². The van der Waals surface area contributed by atoms with Crippen LogP contribution >= 0.6 is 11.6 Å². The van der Waals surface area contributed by atoms with Crippen molar-refractivity contribution in [2.24, 2.45) is 5.73 Å². The molecular formula is C20H33ClN4. The molecule has 1 aromatic heterocycles. The third-order valence-corrected chi connectivity index (χ3v) is 4.90. The van der Waals surface area contributed by atoms with Gasteiger partial charge in [-0.15, -0.1) is 0 Å². The highest BCUT2D eigenvalue weighted by atomic mass is 35.5. The maximum Gasteiger partial charge on any atom is 0.111 e. The van der Waals surface area contributed by atoms with Gasteiger partial charge in [-0.1, -0.05) is 38.3 Å². The zero-order valence-corrected chi connectivity index (χ0v) is 16.6. The number of fused-ring (bicyclic) bond motifs is 1. The van der Waals surface area contributed by atoms with Gasteiger partial charge >= 0.3 is 0 Å². The Morgan fingerprint density at radius 1 is 1.08 bits per heavy atom. The summed E-state index contributed by atoms with van der Waals surface area (Å²) in [5, 5.41) is 0.738. The lowest BCUT2D eigenvalue weighted by Crippen LogP contribution is -2.28. The molecular weight excluding hydrogens is 332 g/mol. The number of hydrogen-bond acceptors (Lipinski definition) is 3. The number of hydrogen-bond donors (Lipinski definition) is 1. The van der Waals surface area contributed by atoms with Gasteiger partial charge in [0.2, 0.25) is 0 Å². The van der Waals surface area contributed by atoms with E-state index in [1.165, 1.54) is 44.3 Å². The highest BCUT2D eigenvalue weighted by Crippen LogP contribution is 2.21. The zero-order valence-electron chi connectivity index (χ0n) is 15.8. The quantitative estimate of drug-likeness (QED) is 0.603. The van der Waals surface area contributed by atoms with Crippen molar-refractivity contribution in [2.45, 2.75) is 58.9 Å². The van der Waals surface area contributed by atoms with E-state index in [4.69, 9.17) is 22.3 Å². The lowest BCUT2D eigenvalue weighted by atomic mass is 10.2. The SMILES string of the molecule is CCCCN(CCCC)CCCn1c(CCN)nc2cc(Cl)ccc21. The molecule has 140 valence electrons. The molecule has 0 spiro atoms. The van der Waals surface area contributed by atoms with Crippen LogP contribution in [0.25, 0.3) is 11.0 Å². The summed E-state index contributed by atoms with van der Waals surface area (Å²) in [6.45, 7) is 9.71. The van der Waals surface area contributed by atoms with E-state index in [1.807, 2.05) is 12.1 Å². The van der Waals surface area contributed by atoms with E-state index in [-0.39, 0.29) is 0 Å². The van der Waals surface area contributed by atoms with Gasteiger partial charge < -0.3 is 15.2 Å². The topological polar surface area (TPSA) is 47.1 Å². The minimum absolute atomic E-state index is 0.621. The summed E-state index contributed by atoms with van der Waals surface area (Å²) < 4.78 is 2.33. The zero-order chi connectivity index (χ0) is 18.1. The second kappa shape index (κ2) is 10.8. The molecule has 0 unspecified atom stereocenters. The van der Waals surface area contributed by atoms with Crippen molar-refractivity contribution >= 4 is 22.6 Å². The van der Waals surface area contributed by atoms with Crippen LogP contribution in [0.15, 0.2) is 18.2 Å². The van der Waals surface area contributed by atoms with Crippen LogP contribution in [0.3, 0.4) is 0 Å². The molecule has 4 nitrogen and oxygen atoms in total. The van der Waals surface area contributed by atoms with E-state index in [0.717, 1.165) is 42.3 Å². The molecule has 0 saturated heterocycles. The molecule has 1 heterocycles. The molecule has 25 heavy (non-hydrogen) atoms. The van der Waals surface area contributed by atoms with Gasteiger partial charge in [-0.2, -0.15) is 0 Å². The van der Waals surface area contributed by atoms with Crippen LogP contribution in [0.1, 0.15) is 51.8 Å². The number of imidazole rings is 1. The monoisotopic (exact) mass is 364 g/mol. The first-order valence-electron chi connectivity index (χ1n) is 9.76. The van der Waals surface area contributed by atoms with E-state index >= 15 is 0 Å². The number of halogens is 1. The fourth-order valence-corrected chi connectivity index (χ4v) is 3.44. The van der Waals surface area contributed by atoms with Crippen molar-refractivity contribution in [3.8, 4) is 0 Å². The molecule has 2 N–H and O–H groups in total. The van der Waals surface area contributed by atoms with Gasteiger partial charge in [-0.05, 0) is 63.6 Å². The van der Waals surface area contributed by atoms with Crippen LogP contribution in [0.4, 0.5) is 0 Å².